The molecule has 0 aliphatic carbocycles. The topological polar surface area (TPSA) is 66.8 Å². The van der Waals surface area contributed by atoms with E-state index in [4.69, 9.17) is 4.74 Å². The first-order valence-corrected chi connectivity index (χ1v) is 11.5. The molecule has 1 aliphatic heterocycles. The first kappa shape index (κ1) is 20.8. The van der Waals surface area contributed by atoms with E-state index < -0.39 is 15.9 Å². The van der Waals surface area contributed by atoms with Gasteiger partial charge in [-0.2, -0.15) is 0 Å². The largest absolute Gasteiger partial charge is 0.491 e. The van der Waals surface area contributed by atoms with Crippen molar-refractivity contribution in [1.29, 1.82) is 0 Å². The van der Waals surface area contributed by atoms with Crippen LogP contribution in [0.5, 0.6) is 5.75 Å². The van der Waals surface area contributed by atoms with E-state index in [2.05, 4.69) is 11.0 Å². The van der Waals surface area contributed by atoms with Gasteiger partial charge >= 0.3 is 0 Å². The molecule has 2 aromatic rings. The van der Waals surface area contributed by atoms with Crippen molar-refractivity contribution in [2.75, 3.05) is 24.7 Å². The molecular weight excluding hydrogens is 374 g/mol. The van der Waals surface area contributed by atoms with Crippen LogP contribution in [0.4, 0.5) is 0 Å². The van der Waals surface area contributed by atoms with Crippen LogP contribution >= 0.6 is 0 Å². The second-order valence-electron chi connectivity index (χ2n) is 7.76. The second kappa shape index (κ2) is 9.07. The molecule has 1 fully saturated rings. The van der Waals surface area contributed by atoms with Gasteiger partial charge in [0.05, 0.1) is 11.5 Å². The quantitative estimate of drug-likeness (QED) is 0.734. The predicted molar refractivity (Wildman–Crippen MR) is 111 cm³/mol. The first-order valence-electron chi connectivity index (χ1n) is 9.68. The Hall–Kier alpha value is -1.89. The Morgan fingerprint density at radius 3 is 2.43 bits per heavy atom. The van der Waals surface area contributed by atoms with E-state index in [1.165, 1.54) is 0 Å². The van der Waals surface area contributed by atoms with E-state index in [9.17, 15) is 13.5 Å². The maximum absolute atomic E-state index is 11.9. The highest BCUT2D eigenvalue weighted by Crippen LogP contribution is 2.21. The number of aliphatic hydroxyl groups excluding tert-OH is 1. The first-order chi connectivity index (χ1) is 13.3. The normalized spacial score (nSPS) is 19.6. The summed E-state index contributed by atoms with van der Waals surface area (Å²) in [4.78, 5) is 2.08. The summed E-state index contributed by atoms with van der Waals surface area (Å²) < 4.78 is 29.7. The highest BCUT2D eigenvalue weighted by atomic mass is 32.2. The van der Waals surface area contributed by atoms with Gasteiger partial charge in [-0.1, -0.05) is 36.4 Å². The van der Waals surface area contributed by atoms with Crippen LogP contribution < -0.4 is 4.74 Å². The lowest BCUT2D eigenvalue weighted by molar-refractivity contribution is 0.0524. The van der Waals surface area contributed by atoms with Gasteiger partial charge in [0.1, 0.15) is 18.5 Å². The summed E-state index contributed by atoms with van der Waals surface area (Å²) in [5.74, 6) is 1.12. The molecule has 0 saturated carbocycles. The van der Waals surface area contributed by atoms with Crippen LogP contribution in [0.1, 0.15) is 23.1 Å². The molecule has 28 heavy (non-hydrogen) atoms. The van der Waals surface area contributed by atoms with Gasteiger partial charge in [0.15, 0.2) is 9.84 Å². The summed E-state index contributed by atoms with van der Waals surface area (Å²) in [6.07, 6.45) is -0.0901. The summed E-state index contributed by atoms with van der Waals surface area (Å²) in [5, 5.41) is 10.6. The lowest BCUT2D eigenvalue weighted by Gasteiger charge is -2.30. The van der Waals surface area contributed by atoms with Crippen molar-refractivity contribution in [3.8, 4) is 5.75 Å². The number of aliphatic hydroxyl groups is 1. The molecule has 3 rings (SSSR count). The third-order valence-electron chi connectivity index (χ3n) is 5.04. The van der Waals surface area contributed by atoms with Crippen LogP contribution in [0.3, 0.4) is 0 Å². The molecule has 6 heteroatoms. The zero-order valence-electron chi connectivity index (χ0n) is 16.5. The standard InChI is InChI=1S/C22H29NO4S/c1-17-10-18(2)12-22(11-17)27-15-21(24)14-23(13-19-6-4-3-5-7-19)20-8-9-28(25,26)16-20/h3-7,10-12,20-21,24H,8-9,13-16H2,1-2H3. The average molecular weight is 404 g/mol. The lowest BCUT2D eigenvalue weighted by atomic mass is 10.1. The molecule has 1 N–H and O–H groups in total. The molecule has 1 aliphatic rings. The molecule has 1 heterocycles. The fraction of sp³-hybridized carbons (Fsp3) is 0.455. The van der Waals surface area contributed by atoms with Gasteiger partial charge in [-0.15, -0.1) is 0 Å². The van der Waals surface area contributed by atoms with Crippen molar-refractivity contribution in [1.82, 2.24) is 4.90 Å². The SMILES string of the molecule is Cc1cc(C)cc(OCC(O)CN(Cc2ccccc2)C2CCS(=O)(=O)C2)c1. The number of rotatable bonds is 8. The van der Waals surface area contributed by atoms with E-state index in [1.807, 2.05) is 56.3 Å². The van der Waals surface area contributed by atoms with Crippen molar-refractivity contribution < 1.29 is 18.3 Å². The Bertz CT molecular complexity index is 862. The van der Waals surface area contributed by atoms with Crippen LogP contribution in [0.2, 0.25) is 0 Å². The minimum atomic E-state index is -2.99. The van der Waals surface area contributed by atoms with E-state index in [1.54, 1.807) is 0 Å². The van der Waals surface area contributed by atoms with Gasteiger partial charge in [-0.3, -0.25) is 4.90 Å². The molecule has 2 aromatic carbocycles. The molecule has 152 valence electrons. The van der Waals surface area contributed by atoms with Gasteiger partial charge in [-0.05, 0) is 49.1 Å². The molecule has 2 unspecified atom stereocenters. The van der Waals surface area contributed by atoms with Gasteiger partial charge < -0.3 is 9.84 Å². The number of benzene rings is 2. The molecule has 1 saturated heterocycles. The van der Waals surface area contributed by atoms with E-state index >= 15 is 0 Å². The predicted octanol–water partition coefficient (Wildman–Crippen LogP) is 2.73. The van der Waals surface area contributed by atoms with Crippen LogP contribution in [0.15, 0.2) is 48.5 Å². The number of sulfone groups is 1. The fourth-order valence-electron chi connectivity index (χ4n) is 3.76. The number of ether oxygens (including phenoxy) is 1. The van der Waals surface area contributed by atoms with Crippen molar-refractivity contribution in [3.63, 3.8) is 0 Å². The fourth-order valence-corrected chi connectivity index (χ4v) is 5.52. The highest BCUT2D eigenvalue weighted by molar-refractivity contribution is 7.91. The van der Waals surface area contributed by atoms with Crippen molar-refractivity contribution >= 4 is 9.84 Å². The van der Waals surface area contributed by atoms with Crippen LogP contribution in [0, 0.1) is 13.8 Å². The summed E-state index contributed by atoms with van der Waals surface area (Å²) >= 11 is 0. The smallest absolute Gasteiger partial charge is 0.151 e. The van der Waals surface area contributed by atoms with E-state index in [0.29, 0.717) is 19.5 Å². The zero-order valence-corrected chi connectivity index (χ0v) is 17.4. The Kier molecular flexibility index (Phi) is 6.75. The average Bonchev–Trinajstić information content (AvgIpc) is 2.99. The molecule has 0 spiro atoms. The molecule has 0 amide bonds. The number of aryl methyl sites for hydroxylation is 2. The number of nitrogens with zero attached hydrogens (tertiary/aromatic N) is 1. The minimum absolute atomic E-state index is 0.0685. The molecule has 2 atom stereocenters. The monoisotopic (exact) mass is 403 g/mol. The Balaban J connectivity index is 1.64. The molecule has 5 nitrogen and oxygen atoms in total. The van der Waals surface area contributed by atoms with Crippen LogP contribution in [0.25, 0.3) is 0 Å². The third-order valence-corrected chi connectivity index (χ3v) is 6.79. The Morgan fingerprint density at radius 2 is 1.82 bits per heavy atom. The van der Waals surface area contributed by atoms with Crippen molar-refractivity contribution in [2.24, 2.45) is 0 Å². The number of hydrogen-bond acceptors (Lipinski definition) is 5. The summed E-state index contributed by atoms with van der Waals surface area (Å²) in [7, 11) is -2.99. The Morgan fingerprint density at radius 1 is 1.14 bits per heavy atom. The number of hydrogen-bond donors (Lipinski definition) is 1. The van der Waals surface area contributed by atoms with Gasteiger partial charge in [0.25, 0.3) is 0 Å². The maximum atomic E-state index is 11.9. The lowest BCUT2D eigenvalue weighted by Crippen LogP contribution is -2.42. The third kappa shape index (κ3) is 6.06. The highest BCUT2D eigenvalue weighted by Gasteiger charge is 2.33. The molecule has 0 aromatic heterocycles. The second-order valence-corrected chi connectivity index (χ2v) is 9.99. The molecule has 0 radical (unpaired) electrons. The van der Waals surface area contributed by atoms with Gasteiger partial charge in [0.2, 0.25) is 0 Å². The summed E-state index contributed by atoms with van der Waals surface area (Å²) in [6.45, 7) is 5.19. The molecule has 0 bridgehead atoms. The van der Waals surface area contributed by atoms with Crippen molar-refractivity contribution in [3.05, 3.63) is 65.2 Å². The van der Waals surface area contributed by atoms with Crippen LogP contribution in [-0.2, 0) is 16.4 Å². The maximum Gasteiger partial charge on any atom is 0.151 e. The summed E-state index contributed by atoms with van der Waals surface area (Å²) in [5.41, 5.74) is 3.34. The van der Waals surface area contributed by atoms with Crippen LogP contribution in [-0.4, -0.2) is 55.2 Å². The summed E-state index contributed by atoms with van der Waals surface area (Å²) in [6, 6.07) is 15.9. The molecular formula is C22H29NO4S. The Labute approximate surface area is 167 Å². The van der Waals surface area contributed by atoms with E-state index in [-0.39, 0.29) is 24.2 Å². The zero-order chi connectivity index (χ0) is 20.1. The van der Waals surface area contributed by atoms with Crippen molar-refractivity contribution in [2.45, 2.75) is 39.0 Å². The minimum Gasteiger partial charge on any atom is -0.491 e. The van der Waals surface area contributed by atoms with E-state index in [0.717, 1.165) is 22.4 Å². The van der Waals surface area contributed by atoms with Gasteiger partial charge in [-0.25, -0.2) is 8.42 Å². The van der Waals surface area contributed by atoms with Gasteiger partial charge in [0, 0.05) is 19.1 Å².